The summed E-state index contributed by atoms with van der Waals surface area (Å²) < 4.78 is 0. The van der Waals surface area contributed by atoms with Gasteiger partial charge in [0, 0.05) is 0 Å². The Balaban J connectivity index is -0.00000000889. The van der Waals surface area contributed by atoms with Crippen molar-refractivity contribution in [1.29, 1.82) is 0 Å². The average molecular weight is 242 g/mol. The van der Waals surface area contributed by atoms with E-state index < -0.39 is 30.8 Å². The normalized spacial score (nSPS) is 2.44. The number of halogens is 2. The fraction of sp³-hybridized carbons (Fsp3) is 0. The molecule has 0 atom stereocenters. The molecule has 9 heteroatoms. The van der Waals surface area contributed by atoms with Crippen LogP contribution >= 0.6 is 12.8 Å². The van der Waals surface area contributed by atoms with Crippen molar-refractivity contribution in [3.8, 4) is 0 Å². The fourth-order valence-electron chi connectivity index (χ4n) is 0. The molecule has 0 fully saturated rings. The Morgan fingerprint density at radius 2 is 1.44 bits per heavy atom. The molecule has 0 aliphatic heterocycles. The van der Waals surface area contributed by atoms with Crippen molar-refractivity contribution in [1.82, 2.24) is 0 Å². The van der Waals surface area contributed by atoms with E-state index in [9.17, 15) is 0 Å². The van der Waals surface area contributed by atoms with Gasteiger partial charge in [0.05, 0.1) is 0 Å². The van der Waals surface area contributed by atoms with Crippen LogP contribution in [0, 0.1) is 4.91 Å². The molecule has 0 saturated heterocycles. The minimum atomic E-state index is -0.931. The van der Waals surface area contributed by atoms with E-state index in [1.54, 1.807) is 0 Å². The molecular weight excluding hydrogens is 236 g/mol. The summed E-state index contributed by atoms with van der Waals surface area (Å²) in [5, 5.41) is 7.89. The van der Waals surface area contributed by atoms with Gasteiger partial charge in [0.15, 0.2) is 5.34 Å². The summed E-state index contributed by atoms with van der Waals surface area (Å²) in [6.45, 7) is 0. The summed E-state index contributed by atoms with van der Waals surface area (Å²) in [6, 6.07) is 0. The van der Waals surface area contributed by atoms with E-state index in [1.807, 2.05) is 0 Å². The number of rotatable bonds is 0. The second kappa shape index (κ2) is 42.1. The molecule has 0 aliphatic carbocycles. The van der Waals surface area contributed by atoms with E-state index in [0.717, 1.165) is 0 Å². The average Bonchev–Trinajstić information content (AvgIpc) is 1.39. The molecule has 0 spiro atoms. The number of hydrogen-bond donors (Lipinski definition) is 1. The minimum absolute atomic E-state index is 0. The van der Waals surface area contributed by atoms with Crippen molar-refractivity contribution in [3.05, 3.63) is 4.91 Å². The molecule has 0 aliphatic rings. The zero-order valence-electron chi connectivity index (χ0n) is 3.27. The molecule has 0 heterocycles. The van der Waals surface area contributed by atoms with Crippen LogP contribution in [0.5, 0.6) is 0 Å². The Labute approximate surface area is 128 Å². The van der Waals surface area contributed by atoms with Gasteiger partial charge in [0.25, 0.3) is 0 Å². The first-order valence-electron chi connectivity index (χ1n) is 0.917. The molecule has 4 nitrogen and oxygen atoms in total. The Kier molecular flexibility index (Phi) is 137. The van der Waals surface area contributed by atoms with Crippen LogP contribution in [-0.2, 0) is 0 Å². The molecular formula is H6Ca2Cl2NNaO3. The SMILES string of the molecule is O.O=NO.[CaH2].[Cl][Ca][Cl].[NaH]. The molecule has 3 N–H and O–H groups in total. The van der Waals surface area contributed by atoms with Gasteiger partial charge in [-0.3, -0.25) is 0 Å². The zero-order valence-corrected chi connectivity index (χ0v) is 6.99. The van der Waals surface area contributed by atoms with Gasteiger partial charge < -0.3 is 10.7 Å². The number of nitrogens with zero attached hydrogens (tertiary/aromatic N) is 1. The van der Waals surface area contributed by atoms with Crippen LogP contribution in [0.1, 0.15) is 0 Å². The molecule has 9 heavy (non-hydrogen) atoms. The Hall–Kier alpha value is 3.46. The topological polar surface area (TPSA) is 81.2 Å². The van der Waals surface area contributed by atoms with Gasteiger partial charge in [-0.15, -0.1) is 4.91 Å². The van der Waals surface area contributed by atoms with Gasteiger partial charge in [-0.2, -0.15) is 0 Å². The van der Waals surface area contributed by atoms with Crippen LogP contribution < -0.4 is 0 Å². The van der Waals surface area contributed by atoms with E-state index in [-0.39, 0.29) is 72.8 Å². The maximum absolute atomic E-state index is 8.11. The molecule has 0 unspecified atom stereocenters. The van der Waals surface area contributed by atoms with E-state index in [2.05, 4.69) is 0 Å². The summed E-state index contributed by atoms with van der Waals surface area (Å²) in [5.74, 6) is 0. The van der Waals surface area contributed by atoms with E-state index in [1.165, 1.54) is 5.34 Å². The first kappa shape index (κ1) is 29.4. The van der Waals surface area contributed by atoms with Crippen LogP contribution in [0.25, 0.3) is 0 Å². The first-order valence-corrected chi connectivity index (χ1v) is 6.99. The second-order valence-corrected chi connectivity index (χ2v) is 3.83. The van der Waals surface area contributed by atoms with Gasteiger partial charge in [-0.1, -0.05) is 0 Å². The summed E-state index contributed by atoms with van der Waals surface area (Å²) in [4.78, 5) is 8.11. The molecule has 0 bridgehead atoms. The van der Waals surface area contributed by atoms with Crippen molar-refractivity contribution in [2.75, 3.05) is 0 Å². The van der Waals surface area contributed by atoms with E-state index in [4.69, 9.17) is 22.9 Å². The second-order valence-electron chi connectivity index (χ2n) is 0.183. The third-order valence-electron chi connectivity index (χ3n) is 0. The zero-order chi connectivity index (χ0) is 5.41. The van der Waals surface area contributed by atoms with Crippen molar-refractivity contribution < 1.29 is 10.7 Å². The molecule has 0 rings (SSSR count). The van der Waals surface area contributed by atoms with Crippen molar-refractivity contribution in [2.45, 2.75) is 0 Å². The van der Waals surface area contributed by atoms with Crippen LogP contribution in [-0.4, -0.2) is 109 Å². The van der Waals surface area contributed by atoms with Crippen LogP contribution in [0.3, 0.4) is 0 Å². The molecule has 0 amide bonds. The standard InChI is InChI=1S/2Ca.2ClH.HNO2.Na.H2O.3H/c;;;;2-1-3;;;;;/h;;2*1H;(H,2,3);;1H2;;;/q;+2;;;;;;;;/p-2. The summed E-state index contributed by atoms with van der Waals surface area (Å²) in [7, 11) is 0. The molecule has 48 valence electrons. The van der Waals surface area contributed by atoms with E-state index in [0.29, 0.717) is 0 Å². The van der Waals surface area contributed by atoms with Gasteiger partial charge in [-0.05, 0) is 0 Å². The third-order valence-corrected chi connectivity index (χ3v) is 0. The summed E-state index contributed by atoms with van der Waals surface area (Å²) in [5.41, 5.74) is 0. The molecule has 0 aromatic rings. The maximum atomic E-state index is 8.11. The molecule has 0 aromatic carbocycles. The van der Waals surface area contributed by atoms with Crippen molar-refractivity contribution in [2.24, 2.45) is 5.34 Å². The summed E-state index contributed by atoms with van der Waals surface area (Å²) in [6.07, 6.45) is 9.90. The monoisotopic (exact) mass is 241 g/mol. The predicted octanol–water partition coefficient (Wildman–Crippen LogP) is -1.25. The Morgan fingerprint density at radius 3 is 1.44 bits per heavy atom. The number of hydrogen-bond acceptors (Lipinski definition) is 2. The van der Waals surface area contributed by atoms with Crippen molar-refractivity contribution in [3.63, 3.8) is 0 Å². The van der Waals surface area contributed by atoms with Crippen LogP contribution in [0.15, 0.2) is 5.34 Å². The first-order chi connectivity index (χ1) is 2.83. The molecule has 0 aromatic heterocycles. The molecule has 0 radical (unpaired) electrons. The fourth-order valence-corrected chi connectivity index (χ4v) is 0. The van der Waals surface area contributed by atoms with Crippen molar-refractivity contribution >= 4 is 111 Å². The van der Waals surface area contributed by atoms with Gasteiger partial charge in [-0.25, -0.2) is 0 Å². The Bertz CT molecular complexity index is 33.8. The van der Waals surface area contributed by atoms with Gasteiger partial charge >= 0.3 is 111 Å². The third kappa shape index (κ3) is 85.7. The quantitative estimate of drug-likeness (QED) is 0.327. The summed E-state index contributed by atoms with van der Waals surface area (Å²) >= 11 is -0.931. The van der Waals surface area contributed by atoms with Crippen LogP contribution in [0.4, 0.5) is 0 Å². The predicted molar refractivity (Wildman–Crippen MR) is 44.3 cm³/mol. The van der Waals surface area contributed by atoms with Gasteiger partial charge in [0.2, 0.25) is 0 Å². The van der Waals surface area contributed by atoms with E-state index >= 15 is 0 Å². The Morgan fingerprint density at radius 1 is 1.44 bits per heavy atom. The molecule has 0 saturated carbocycles. The van der Waals surface area contributed by atoms with Crippen LogP contribution in [0.2, 0.25) is 0 Å². The van der Waals surface area contributed by atoms with Gasteiger partial charge in [0.1, 0.15) is 0 Å².